The summed E-state index contributed by atoms with van der Waals surface area (Å²) in [7, 11) is 0. The summed E-state index contributed by atoms with van der Waals surface area (Å²) in [5, 5.41) is 0. The fourth-order valence-electron chi connectivity index (χ4n) is 4.00. The molecule has 6 heteroatoms. The van der Waals surface area contributed by atoms with Gasteiger partial charge in [0.2, 0.25) is 0 Å². The van der Waals surface area contributed by atoms with Crippen LogP contribution < -0.4 is 0 Å². The molecule has 0 N–H and O–H groups in total. The molecule has 0 radical (unpaired) electrons. The van der Waals surface area contributed by atoms with Crippen molar-refractivity contribution < 1.29 is 28.7 Å². The van der Waals surface area contributed by atoms with Crippen molar-refractivity contribution >= 4 is 35.0 Å². The zero-order chi connectivity index (χ0) is 23.0. The Bertz CT molecular complexity index is 1240. The van der Waals surface area contributed by atoms with Crippen LogP contribution in [0.4, 0.5) is 0 Å². The number of hydrogen-bond acceptors (Lipinski definition) is 6. The van der Waals surface area contributed by atoms with Crippen LogP contribution in [0.5, 0.6) is 0 Å². The number of ketones is 2. The van der Waals surface area contributed by atoms with Gasteiger partial charge in [0, 0.05) is 35.1 Å². The Labute approximate surface area is 185 Å². The van der Waals surface area contributed by atoms with Gasteiger partial charge in [-0.2, -0.15) is 0 Å². The van der Waals surface area contributed by atoms with E-state index in [0.29, 0.717) is 23.1 Å². The standard InChI is InChI=1S/C26H22O6/c1-4-14-10-9-13-17-20(14)26(32-19(28)6-3)22-21(24(17)30)25(31-18(27)5-2)16-12-8-7-11-15(16)23(22)29/h7-13H,4-6H2,1-3H3. The number of fused-ring (bicyclic) bond motifs is 3. The maximum atomic E-state index is 13.7. The normalized spacial score (nSPS) is 14.6. The number of allylic oxidation sites excluding steroid dienone is 2. The Kier molecular flexibility index (Phi) is 5.61. The van der Waals surface area contributed by atoms with Crippen LogP contribution >= 0.6 is 0 Å². The number of Topliss-reactive ketones (excluding diaryl/α,β-unsaturated/α-hetero) is 2. The summed E-state index contributed by atoms with van der Waals surface area (Å²) in [6.45, 7) is 5.21. The lowest BCUT2D eigenvalue weighted by Crippen LogP contribution is -2.29. The molecule has 162 valence electrons. The highest BCUT2D eigenvalue weighted by Gasteiger charge is 2.43. The van der Waals surface area contributed by atoms with E-state index in [-0.39, 0.29) is 41.1 Å². The number of carbonyl (C=O) groups is 4. The van der Waals surface area contributed by atoms with Crippen LogP contribution in [0.2, 0.25) is 0 Å². The molecule has 0 saturated heterocycles. The Morgan fingerprint density at radius 1 is 0.688 bits per heavy atom. The van der Waals surface area contributed by atoms with Crippen LogP contribution in [-0.2, 0) is 25.5 Å². The first-order chi connectivity index (χ1) is 15.4. The predicted molar refractivity (Wildman–Crippen MR) is 118 cm³/mol. The lowest BCUT2D eigenvalue weighted by molar-refractivity contribution is -0.137. The molecule has 0 atom stereocenters. The Morgan fingerprint density at radius 2 is 1.22 bits per heavy atom. The molecule has 0 fully saturated rings. The third-order valence-electron chi connectivity index (χ3n) is 5.59. The van der Waals surface area contributed by atoms with Gasteiger partial charge in [0.1, 0.15) is 0 Å². The monoisotopic (exact) mass is 430 g/mol. The first-order valence-electron chi connectivity index (χ1n) is 10.6. The number of esters is 2. The third kappa shape index (κ3) is 3.28. The van der Waals surface area contributed by atoms with Crippen LogP contribution in [0.25, 0.3) is 11.5 Å². The van der Waals surface area contributed by atoms with E-state index in [0.717, 1.165) is 5.56 Å². The first kappa shape index (κ1) is 21.4. The molecule has 4 rings (SSSR count). The minimum absolute atomic E-state index is 0.0182. The van der Waals surface area contributed by atoms with Gasteiger partial charge in [-0.05, 0) is 12.0 Å². The number of carbonyl (C=O) groups excluding carboxylic acids is 4. The molecule has 2 aromatic carbocycles. The second-order valence-electron chi connectivity index (χ2n) is 7.46. The Hall–Kier alpha value is -3.80. The number of ether oxygens (including phenoxy) is 2. The van der Waals surface area contributed by atoms with Crippen LogP contribution in [0.3, 0.4) is 0 Å². The number of hydrogen-bond donors (Lipinski definition) is 0. The number of benzene rings is 2. The van der Waals surface area contributed by atoms with Crippen LogP contribution in [0.1, 0.15) is 71.0 Å². The molecule has 2 aliphatic rings. The summed E-state index contributed by atoms with van der Waals surface area (Å²) >= 11 is 0. The summed E-state index contributed by atoms with van der Waals surface area (Å²) in [6, 6.07) is 11.8. The lowest BCUT2D eigenvalue weighted by atomic mass is 9.75. The predicted octanol–water partition coefficient (Wildman–Crippen LogP) is 4.67. The molecule has 0 aliphatic heterocycles. The van der Waals surface area contributed by atoms with Crippen LogP contribution in [0.15, 0.2) is 53.6 Å². The molecule has 2 aliphatic carbocycles. The summed E-state index contributed by atoms with van der Waals surface area (Å²) in [5.41, 5.74) is 2.08. The molecule has 6 nitrogen and oxygen atoms in total. The SMILES string of the molecule is CCC(=O)OC1=C2C(=O)c3cccc(CC)c3C(OC(=O)CC)=C2C(=O)c2ccccc21. The molecule has 0 saturated carbocycles. The Morgan fingerprint density at radius 3 is 1.84 bits per heavy atom. The van der Waals surface area contributed by atoms with Gasteiger partial charge in [-0.15, -0.1) is 0 Å². The van der Waals surface area contributed by atoms with Gasteiger partial charge >= 0.3 is 11.9 Å². The van der Waals surface area contributed by atoms with E-state index in [1.165, 1.54) is 0 Å². The zero-order valence-electron chi connectivity index (χ0n) is 18.1. The second-order valence-corrected chi connectivity index (χ2v) is 7.46. The minimum atomic E-state index is -0.538. The summed E-state index contributed by atoms with van der Waals surface area (Å²) in [4.78, 5) is 51.9. The van der Waals surface area contributed by atoms with Crippen molar-refractivity contribution in [3.63, 3.8) is 0 Å². The van der Waals surface area contributed by atoms with Crippen LogP contribution in [0, 0.1) is 0 Å². The fraction of sp³-hybridized carbons (Fsp3) is 0.231. The molecular formula is C26H22O6. The molecule has 0 aromatic heterocycles. The van der Waals surface area contributed by atoms with E-state index >= 15 is 0 Å². The van der Waals surface area contributed by atoms with Crippen molar-refractivity contribution in [3.05, 3.63) is 81.4 Å². The smallest absolute Gasteiger partial charge is 0.310 e. The average molecular weight is 430 g/mol. The van der Waals surface area contributed by atoms with Crippen LogP contribution in [-0.4, -0.2) is 23.5 Å². The van der Waals surface area contributed by atoms with Crippen molar-refractivity contribution in [2.45, 2.75) is 40.0 Å². The summed E-state index contributed by atoms with van der Waals surface area (Å²) in [5.74, 6) is -1.90. The van der Waals surface area contributed by atoms with Crippen molar-refractivity contribution in [1.29, 1.82) is 0 Å². The molecule has 0 heterocycles. The van der Waals surface area contributed by atoms with Gasteiger partial charge in [0.25, 0.3) is 0 Å². The van der Waals surface area contributed by atoms with E-state index in [1.807, 2.05) is 13.0 Å². The molecule has 0 unspecified atom stereocenters. The lowest BCUT2D eigenvalue weighted by Gasteiger charge is -2.30. The fourth-order valence-corrected chi connectivity index (χ4v) is 4.00. The van der Waals surface area contributed by atoms with Crippen molar-refractivity contribution in [2.24, 2.45) is 0 Å². The molecule has 32 heavy (non-hydrogen) atoms. The van der Waals surface area contributed by atoms with Gasteiger partial charge < -0.3 is 9.47 Å². The average Bonchev–Trinajstić information content (AvgIpc) is 2.82. The minimum Gasteiger partial charge on any atom is -0.425 e. The van der Waals surface area contributed by atoms with Crippen molar-refractivity contribution in [3.8, 4) is 0 Å². The Balaban J connectivity index is 2.14. The molecule has 2 aromatic rings. The van der Waals surface area contributed by atoms with Crippen molar-refractivity contribution in [1.82, 2.24) is 0 Å². The van der Waals surface area contributed by atoms with E-state index in [2.05, 4.69) is 0 Å². The van der Waals surface area contributed by atoms with Gasteiger partial charge in [0.05, 0.1) is 11.1 Å². The van der Waals surface area contributed by atoms with Gasteiger partial charge in [0.15, 0.2) is 23.1 Å². The van der Waals surface area contributed by atoms with E-state index in [9.17, 15) is 19.2 Å². The van der Waals surface area contributed by atoms with Gasteiger partial charge in [-0.25, -0.2) is 0 Å². The maximum Gasteiger partial charge on any atom is 0.310 e. The molecule has 0 amide bonds. The molecule has 0 bridgehead atoms. The van der Waals surface area contributed by atoms with E-state index in [4.69, 9.17) is 9.47 Å². The molecular weight excluding hydrogens is 408 g/mol. The molecule has 0 spiro atoms. The van der Waals surface area contributed by atoms with E-state index < -0.39 is 23.5 Å². The number of aryl methyl sites for hydroxylation is 1. The topological polar surface area (TPSA) is 86.7 Å². The first-order valence-corrected chi connectivity index (χ1v) is 10.6. The summed E-state index contributed by atoms with van der Waals surface area (Å²) < 4.78 is 11.3. The number of rotatable bonds is 5. The zero-order valence-corrected chi connectivity index (χ0v) is 18.1. The second kappa shape index (κ2) is 8.38. The van der Waals surface area contributed by atoms with E-state index in [1.54, 1.807) is 50.2 Å². The highest BCUT2D eigenvalue weighted by molar-refractivity contribution is 6.34. The highest BCUT2D eigenvalue weighted by atomic mass is 16.5. The summed E-state index contributed by atoms with van der Waals surface area (Å²) in [6.07, 6.45) is 0.753. The van der Waals surface area contributed by atoms with Gasteiger partial charge in [-0.3, -0.25) is 19.2 Å². The third-order valence-corrected chi connectivity index (χ3v) is 5.59. The maximum absolute atomic E-state index is 13.7. The quantitative estimate of drug-likeness (QED) is 0.641. The van der Waals surface area contributed by atoms with Crippen molar-refractivity contribution in [2.75, 3.05) is 0 Å². The largest absolute Gasteiger partial charge is 0.425 e. The van der Waals surface area contributed by atoms with Gasteiger partial charge in [-0.1, -0.05) is 63.2 Å². The highest BCUT2D eigenvalue weighted by Crippen LogP contribution is 2.45.